The summed E-state index contributed by atoms with van der Waals surface area (Å²) in [7, 11) is 1.96. The van der Waals surface area contributed by atoms with E-state index in [0.29, 0.717) is 24.4 Å². The third-order valence-corrected chi connectivity index (χ3v) is 6.62. The minimum atomic E-state index is -0.505. The van der Waals surface area contributed by atoms with Crippen molar-refractivity contribution in [3.8, 4) is 10.7 Å². The van der Waals surface area contributed by atoms with Gasteiger partial charge in [-0.1, -0.05) is 20.8 Å². The van der Waals surface area contributed by atoms with Crippen molar-refractivity contribution in [1.29, 1.82) is 0 Å². The standard InChI is InChI=1S/C22H31N7O2S/c1-21(2,3)19-23-10-14(32-19)17-27-15-16(24-12-25-18(15)28(17)7)26-13-8-9-29(11-13)20(30)31-22(4,5)6/h10,12-13H,8-9,11H2,1-7H3,(H,24,25,26)/t13-/m0/s1. The lowest BCUT2D eigenvalue weighted by Gasteiger charge is -2.24. The van der Waals surface area contributed by atoms with Crippen molar-refractivity contribution in [3.63, 3.8) is 0 Å². The Morgan fingerprint density at radius 3 is 2.59 bits per heavy atom. The largest absolute Gasteiger partial charge is 0.444 e. The molecule has 0 spiro atoms. The van der Waals surface area contributed by atoms with Crippen LogP contribution in [0.3, 0.4) is 0 Å². The maximum absolute atomic E-state index is 12.4. The Hall–Kier alpha value is -2.75. The number of amides is 1. The molecule has 0 radical (unpaired) electrons. The predicted octanol–water partition coefficient (Wildman–Crippen LogP) is 4.21. The normalized spacial score (nSPS) is 17.2. The van der Waals surface area contributed by atoms with Crippen molar-refractivity contribution >= 4 is 34.4 Å². The Balaban J connectivity index is 1.56. The number of thiazole rings is 1. The van der Waals surface area contributed by atoms with E-state index in [4.69, 9.17) is 9.72 Å². The molecule has 1 aliphatic heterocycles. The maximum Gasteiger partial charge on any atom is 0.410 e. The first-order chi connectivity index (χ1) is 14.9. The number of nitrogens with one attached hydrogen (secondary N) is 1. The summed E-state index contributed by atoms with van der Waals surface area (Å²) in [6.07, 6.45) is 3.95. The van der Waals surface area contributed by atoms with Gasteiger partial charge in [-0.2, -0.15) is 0 Å². The van der Waals surface area contributed by atoms with Gasteiger partial charge in [0.05, 0.1) is 9.88 Å². The van der Waals surface area contributed by atoms with E-state index >= 15 is 0 Å². The van der Waals surface area contributed by atoms with E-state index in [2.05, 4.69) is 41.0 Å². The second-order valence-corrected chi connectivity index (χ2v) is 11.3. The van der Waals surface area contributed by atoms with Crippen LogP contribution < -0.4 is 5.32 Å². The molecule has 4 rings (SSSR count). The van der Waals surface area contributed by atoms with Gasteiger partial charge in [-0.15, -0.1) is 11.3 Å². The Morgan fingerprint density at radius 1 is 1.19 bits per heavy atom. The minimum absolute atomic E-state index is 0.0114. The van der Waals surface area contributed by atoms with Gasteiger partial charge in [-0.25, -0.2) is 24.7 Å². The maximum atomic E-state index is 12.4. The molecule has 1 atom stereocenters. The first-order valence-corrected chi connectivity index (χ1v) is 11.6. The predicted molar refractivity (Wildman–Crippen MR) is 126 cm³/mol. The van der Waals surface area contributed by atoms with E-state index in [1.54, 1.807) is 22.6 Å². The molecule has 1 amide bonds. The molecule has 1 fully saturated rings. The van der Waals surface area contributed by atoms with Crippen molar-refractivity contribution in [2.45, 2.75) is 65.0 Å². The number of nitrogens with zero attached hydrogens (tertiary/aromatic N) is 6. The van der Waals surface area contributed by atoms with E-state index in [1.165, 1.54) is 0 Å². The smallest absolute Gasteiger partial charge is 0.410 e. The van der Waals surface area contributed by atoms with Gasteiger partial charge in [-0.3, -0.25) is 0 Å². The molecule has 10 heteroatoms. The second kappa shape index (κ2) is 7.99. The highest BCUT2D eigenvalue weighted by atomic mass is 32.1. The molecule has 0 unspecified atom stereocenters. The number of carbonyl (C=O) groups is 1. The van der Waals surface area contributed by atoms with Crippen LogP contribution in [0.1, 0.15) is 53.0 Å². The van der Waals surface area contributed by atoms with Crippen LogP contribution in [-0.2, 0) is 17.2 Å². The molecule has 1 N–H and O–H groups in total. The van der Waals surface area contributed by atoms with E-state index < -0.39 is 5.60 Å². The minimum Gasteiger partial charge on any atom is -0.444 e. The molecule has 0 bridgehead atoms. The number of hydrogen-bond donors (Lipinski definition) is 1. The summed E-state index contributed by atoms with van der Waals surface area (Å²) in [5.74, 6) is 1.49. The number of carbonyl (C=O) groups excluding carboxylic acids is 1. The summed E-state index contributed by atoms with van der Waals surface area (Å²) in [6, 6.07) is 0.0713. The van der Waals surface area contributed by atoms with Crippen LogP contribution in [0.2, 0.25) is 0 Å². The summed E-state index contributed by atoms with van der Waals surface area (Å²) in [4.78, 5) is 33.5. The number of aromatic nitrogens is 5. The summed E-state index contributed by atoms with van der Waals surface area (Å²) in [5, 5.41) is 4.53. The SMILES string of the molecule is Cn1c(-c2cnc(C(C)(C)C)s2)nc2c(N[C@H]3CCN(C(=O)OC(C)(C)C)C3)ncnc21. The van der Waals surface area contributed by atoms with Crippen molar-refractivity contribution in [3.05, 3.63) is 17.5 Å². The Kier molecular flexibility index (Phi) is 5.60. The van der Waals surface area contributed by atoms with Crippen molar-refractivity contribution in [2.75, 3.05) is 18.4 Å². The lowest BCUT2D eigenvalue weighted by Crippen LogP contribution is -2.36. The van der Waals surface area contributed by atoms with Crippen LogP contribution in [0.5, 0.6) is 0 Å². The fourth-order valence-electron chi connectivity index (χ4n) is 3.61. The number of likely N-dealkylation sites (tertiary alicyclic amines) is 1. The molecule has 0 saturated carbocycles. The molecule has 1 saturated heterocycles. The van der Waals surface area contributed by atoms with E-state index in [9.17, 15) is 4.79 Å². The number of hydrogen-bond acceptors (Lipinski definition) is 8. The molecular formula is C22H31N7O2S. The van der Waals surface area contributed by atoms with E-state index in [-0.39, 0.29) is 17.6 Å². The molecule has 3 aromatic rings. The van der Waals surface area contributed by atoms with Crippen LogP contribution in [0, 0.1) is 0 Å². The number of aryl methyl sites for hydroxylation is 1. The zero-order valence-electron chi connectivity index (χ0n) is 19.8. The quantitative estimate of drug-likeness (QED) is 0.629. The number of anilines is 1. The molecule has 1 aliphatic rings. The molecule has 172 valence electrons. The van der Waals surface area contributed by atoms with Crippen LogP contribution >= 0.6 is 11.3 Å². The Bertz CT molecular complexity index is 1140. The summed E-state index contributed by atoms with van der Waals surface area (Å²) in [5.41, 5.74) is 0.953. The molecule has 0 aliphatic carbocycles. The fraction of sp³-hybridized carbons (Fsp3) is 0.591. The highest BCUT2D eigenvalue weighted by Crippen LogP contribution is 2.34. The average Bonchev–Trinajstić information content (AvgIpc) is 3.39. The zero-order chi connectivity index (χ0) is 23.3. The highest BCUT2D eigenvalue weighted by molar-refractivity contribution is 7.15. The van der Waals surface area contributed by atoms with Gasteiger partial charge in [0.25, 0.3) is 0 Å². The van der Waals surface area contributed by atoms with Crippen LogP contribution in [0.4, 0.5) is 10.6 Å². The van der Waals surface area contributed by atoms with E-state index in [1.807, 2.05) is 38.6 Å². The third-order valence-electron chi connectivity index (χ3n) is 5.20. The number of fused-ring (bicyclic) bond motifs is 1. The van der Waals surface area contributed by atoms with Crippen molar-refractivity contribution < 1.29 is 9.53 Å². The summed E-state index contributed by atoms with van der Waals surface area (Å²) < 4.78 is 7.47. The topological polar surface area (TPSA) is 98.1 Å². The fourth-order valence-corrected chi connectivity index (χ4v) is 4.61. The first-order valence-electron chi connectivity index (χ1n) is 10.8. The van der Waals surface area contributed by atoms with Gasteiger partial charge in [0.2, 0.25) is 0 Å². The highest BCUT2D eigenvalue weighted by Gasteiger charge is 2.30. The van der Waals surface area contributed by atoms with Crippen LogP contribution in [0.15, 0.2) is 12.5 Å². The number of rotatable bonds is 3. The van der Waals surface area contributed by atoms with Gasteiger partial charge in [0.1, 0.15) is 11.9 Å². The Morgan fingerprint density at radius 2 is 1.94 bits per heavy atom. The summed E-state index contributed by atoms with van der Waals surface area (Å²) in [6.45, 7) is 13.3. The van der Waals surface area contributed by atoms with Crippen LogP contribution in [0.25, 0.3) is 21.9 Å². The molecule has 3 aromatic heterocycles. The van der Waals surface area contributed by atoms with Gasteiger partial charge in [0.15, 0.2) is 22.8 Å². The Labute approximate surface area is 192 Å². The number of ether oxygens (including phenoxy) is 1. The van der Waals surface area contributed by atoms with Gasteiger partial charge in [-0.05, 0) is 27.2 Å². The molecule has 9 nitrogen and oxygen atoms in total. The first kappa shape index (κ1) is 22.4. The van der Waals surface area contributed by atoms with Crippen LogP contribution in [-0.4, -0.2) is 60.2 Å². The van der Waals surface area contributed by atoms with E-state index in [0.717, 1.165) is 27.8 Å². The molecule has 4 heterocycles. The molecule has 0 aromatic carbocycles. The lowest BCUT2D eigenvalue weighted by molar-refractivity contribution is 0.0293. The summed E-state index contributed by atoms with van der Waals surface area (Å²) >= 11 is 1.65. The van der Waals surface area contributed by atoms with Crippen molar-refractivity contribution in [2.24, 2.45) is 7.05 Å². The lowest BCUT2D eigenvalue weighted by atomic mass is 9.98. The second-order valence-electron chi connectivity index (χ2n) is 10.2. The third kappa shape index (κ3) is 4.55. The molecular weight excluding hydrogens is 426 g/mol. The van der Waals surface area contributed by atoms with Gasteiger partial charge in [0, 0.05) is 37.8 Å². The molecule has 32 heavy (non-hydrogen) atoms. The zero-order valence-corrected chi connectivity index (χ0v) is 20.6. The number of imidazole rings is 1. The van der Waals surface area contributed by atoms with Crippen molar-refractivity contribution in [1.82, 2.24) is 29.4 Å². The van der Waals surface area contributed by atoms with Gasteiger partial charge < -0.3 is 19.5 Å². The monoisotopic (exact) mass is 457 g/mol. The average molecular weight is 458 g/mol. The van der Waals surface area contributed by atoms with Gasteiger partial charge >= 0.3 is 6.09 Å².